The van der Waals surface area contributed by atoms with Gasteiger partial charge in [-0.25, -0.2) is 0 Å². The number of para-hydroxylation sites is 1. The van der Waals surface area contributed by atoms with Crippen LogP contribution in [0.5, 0.6) is 0 Å². The highest BCUT2D eigenvalue weighted by Crippen LogP contribution is 2.26. The van der Waals surface area contributed by atoms with E-state index in [0.29, 0.717) is 0 Å². The van der Waals surface area contributed by atoms with E-state index in [0.717, 1.165) is 29.9 Å². The van der Waals surface area contributed by atoms with Gasteiger partial charge in [-0.05, 0) is 31.0 Å². The van der Waals surface area contributed by atoms with Crippen LogP contribution in [0.25, 0.3) is 0 Å². The SMILES string of the molecule is CCN(Cc1ccccc1)c1c(C)cccc1C#N. The zero-order valence-corrected chi connectivity index (χ0v) is 11.4. The van der Waals surface area contributed by atoms with Crippen molar-refractivity contribution >= 4 is 5.69 Å². The summed E-state index contributed by atoms with van der Waals surface area (Å²) in [4.78, 5) is 2.25. The molecule has 0 unspecified atom stereocenters. The number of hydrogen-bond acceptors (Lipinski definition) is 2. The molecule has 2 aromatic rings. The van der Waals surface area contributed by atoms with Gasteiger partial charge in [-0.1, -0.05) is 42.5 Å². The van der Waals surface area contributed by atoms with Gasteiger partial charge in [0.1, 0.15) is 6.07 Å². The smallest absolute Gasteiger partial charge is 0.101 e. The molecule has 2 nitrogen and oxygen atoms in total. The van der Waals surface area contributed by atoms with Crippen molar-refractivity contribution in [3.63, 3.8) is 0 Å². The van der Waals surface area contributed by atoms with Crippen LogP contribution < -0.4 is 4.90 Å². The Balaban J connectivity index is 2.36. The van der Waals surface area contributed by atoms with E-state index in [1.54, 1.807) is 0 Å². The van der Waals surface area contributed by atoms with Crippen LogP contribution in [0.2, 0.25) is 0 Å². The van der Waals surface area contributed by atoms with E-state index in [1.807, 2.05) is 30.3 Å². The fourth-order valence-corrected chi connectivity index (χ4v) is 2.32. The second-order valence-electron chi connectivity index (χ2n) is 4.58. The van der Waals surface area contributed by atoms with E-state index in [2.05, 4.69) is 43.0 Å². The van der Waals surface area contributed by atoms with Crippen molar-refractivity contribution in [2.45, 2.75) is 20.4 Å². The Morgan fingerprint density at radius 2 is 1.79 bits per heavy atom. The average molecular weight is 250 g/mol. The minimum absolute atomic E-state index is 0.748. The standard InChI is InChI=1S/C17H18N2/c1-3-19(13-15-9-5-4-6-10-15)17-14(2)8-7-11-16(17)12-18/h4-11H,3,13H2,1-2H3. The first-order valence-electron chi connectivity index (χ1n) is 6.55. The van der Waals surface area contributed by atoms with E-state index < -0.39 is 0 Å². The first kappa shape index (κ1) is 13.2. The molecule has 0 N–H and O–H groups in total. The third-order valence-corrected chi connectivity index (χ3v) is 3.27. The second-order valence-corrected chi connectivity index (χ2v) is 4.58. The van der Waals surface area contributed by atoms with Gasteiger partial charge in [0.2, 0.25) is 0 Å². The topological polar surface area (TPSA) is 27.0 Å². The number of anilines is 1. The molecule has 0 atom stereocenters. The molecule has 0 saturated heterocycles. The van der Waals surface area contributed by atoms with Gasteiger partial charge in [0, 0.05) is 13.1 Å². The Kier molecular flexibility index (Phi) is 4.20. The summed E-state index contributed by atoms with van der Waals surface area (Å²) < 4.78 is 0. The van der Waals surface area contributed by atoms with E-state index in [9.17, 15) is 5.26 Å². The summed E-state index contributed by atoms with van der Waals surface area (Å²) in [7, 11) is 0. The van der Waals surface area contributed by atoms with Crippen LogP contribution in [0.4, 0.5) is 5.69 Å². The van der Waals surface area contributed by atoms with Crippen LogP contribution in [-0.4, -0.2) is 6.54 Å². The predicted octanol–water partition coefficient (Wildman–Crippen LogP) is 3.89. The maximum Gasteiger partial charge on any atom is 0.101 e. The van der Waals surface area contributed by atoms with Crippen molar-refractivity contribution < 1.29 is 0 Å². The zero-order valence-electron chi connectivity index (χ0n) is 11.4. The molecule has 0 aliphatic rings. The lowest BCUT2D eigenvalue weighted by atomic mass is 10.1. The molecule has 0 saturated carbocycles. The monoisotopic (exact) mass is 250 g/mol. The van der Waals surface area contributed by atoms with Gasteiger partial charge in [-0.15, -0.1) is 0 Å². The maximum atomic E-state index is 9.28. The molecule has 0 aliphatic carbocycles. The first-order chi connectivity index (χ1) is 9.26. The number of hydrogen-bond donors (Lipinski definition) is 0. The summed E-state index contributed by atoms with van der Waals surface area (Å²) in [6, 6.07) is 18.5. The minimum Gasteiger partial charge on any atom is -0.366 e. The van der Waals surface area contributed by atoms with Crippen molar-refractivity contribution in [3.8, 4) is 6.07 Å². The predicted molar refractivity (Wildman–Crippen MR) is 79.1 cm³/mol. The van der Waals surface area contributed by atoms with Crippen molar-refractivity contribution in [3.05, 3.63) is 65.2 Å². The van der Waals surface area contributed by atoms with Crippen molar-refractivity contribution in [2.24, 2.45) is 0 Å². The van der Waals surface area contributed by atoms with Crippen LogP contribution >= 0.6 is 0 Å². The molecule has 2 rings (SSSR count). The van der Waals surface area contributed by atoms with Crippen molar-refractivity contribution in [1.29, 1.82) is 5.26 Å². The van der Waals surface area contributed by atoms with Gasteiger partial charge < -0.3 is 4.90 Å². The number of nitriles is 1. The molecule has 96 valence electrons. The van der Waals surface area contributed by atoms with Crippen LogP contribution in [0.1, 0.15) is 23.6 Å². The van der Waals surface area contributed by atoms with E-state index in [4.69, 9.17) is 0 Å². The van der Waals surface area contributed by atoms with Gasteiger partial charge in [0.25, 0.3) is 0 Å². The molecule has 0 heterocycles. The van der Waals surface area contributed by atoms with E-state index in [-0.39, 0.29) is 0 Å². The largest absolute Gasteiger partial charge is 0.366 e. The summed E-state index contributed by atoms with van der Waals surface area (Å²) in [6.07, 6.45) is 0. The summed E-state index contributed by atoms with van der Waals surface area (Å²) in [5, 5.41) is 9.28. The highest BCUT2D eigenvalue weighted by atomic mass is 15.1. The van der Waals surface area contributed by atoms with Gasteiger partial charge in [-0.3, -0.25) is 0 Å². The summed E-state index contributed by atoms with van der Waals surface area (Å²) in [5.41, 5.74) is 4.21. The Morgan fingerprint density at radius 3 is 2.42 bits per heavy atom. The van der Waals surface area contributed by atoms with Crippen LogP contribution in [0.15, 0.2) is 48.5 Å². The molecule has 0 aromatic heterocycles. The molecule has 2 heteroatoms. The number of aryl methyl sites for hydroxylation is 1. The minimum atomic E-state index is 0.748. The zero-order chi connectivity index (χ0) is 13.7. The van der Waals surface area contributed by atoms with E-state index in [1.165, 1.54) is 5.56 Å². The molecular weight excluding hydrogens is 232 g/mol. The highest BCUT2D eigenvalue weighted by molar-refractivity contribution is 5.64. The van der Waals surface area contributed by atoms with Crippen LogP contribution in [0.3, 0.4) is 0 Å². The van der Waals surface area contributed by atoms with Crippen molar-refractivity contribution in [1.82, 2.24) is 0 Å². The molecule has 0 amide bonds. The number of benzene rings is 2. The number of rotatable bonds is 4. The molecule has 0 fully saturated rings. The van der Waals surface area contributed by atoms with Gasteiger partial charge in [-0.2, -0.15) is 5.26 Å². The molecule has 0 aliphatic heterocycles. The number of nitrogens with zero attached hydrogens (tertiary/aromatic N) is 2. The lowest BCUT2D eigenvalue weighted by molar-refractivity contribution is 0.826. The Labute approximate surface area is 114 Å². The fourth-order valence-electron chi connectivity index (χ4n) is 2.32. The third-order valence-electron chi connectivity index (χ3n) is 3.27. The highest BCUT2D eigenvalue weighted by Gasteiger charge is 2.12. The van der Waals surface area contributed by atoms with Gasteiger partial charge in [0.05, 0.1) is 11.3 Å². The maximum absolute atomic E-state index is 9.28. The Bertz CT molecular complexity index is 582. The molecule has 0 bridgehead atoms. The average Bonchev–Trinajstić information content (AvgIpc) is 2.46. The summed E-state index contributed by atoms with van der Waals surface area (Å²) >= 11 is 0. The normalized spacial score (nSPS) is 9.95. The Hall–Kier alpha value is -2.27. The summed E-state index contributed by atoms with van der Waals surface area (Å²) in [6.45, 7) is 5.89. The second kappa shape index (κ2) is 6.06. The molecule has 19 heavy (non-hydrogen) atoms. The molecular formula is C17H18N2. The molecule has 2 aromatic carbocycles. The first-order valence-corrected chi connectivity index (χ1v) is 6.55. The molecule has 0 radical (unpaired) electrons. The lowest BCUT2D eigenvalue weighted by Crippen LogP contribution is -2.23. The van der Waals surface area contributed by atoms with Gasteiger partial charge in [0.15, 0.2) is 0 Å². The van der Waals surface area contributed by atoms with Gasteiger partial charge >= 0.3 is 0 Å². The van der Waals surface area contributed by atoms with Crippen LogP contribution in [0, 0.1) is 18.3 Å². The van der Waals surface area contributed by atoms with Crippen molar-refractivity contribution in [2.75, 3.05) is 11.4 Å². The fraction of sp³-hybridized carbons (Fsp3) is 0.235. The lowest BCUT2D eigenvalue weighted by Gasteiger charge is -2.26. The van der Waals surface area contributed by atoms with E-state index >= 15 is 0 Å². The summed E-state index contributed by atoms with van der Waals surface area (Å²) in [5.74, 6) is 0. The molecule has 0 spiro atoms. The quantitative estimate of drug-likeness (QED) is 0.823. The van der Waals surface area contributed by atoms with Crippen LogP contribution in [-0.2, 0) is 6.54 Å². The third kappa shape index (κ3) is 2.95. The Morgan fingerprint density at radius 1 is 1.05 bits per heavy atom.